The predicted octanol–water partition coefficient (Wildman–Crippen LogP) is 3.23. The Bertz CT molecular complexity index is 255. The average molecular weight is 177 g/mol. The van der Waals surface area contributed by atoms with Crippen molar-refractivity contribution in [1.82, 2.24) is 4.98 Å². The second kappa shape index (κ2) is 5.00. The molecule has 1 atom stereocenters. The molecule has 1 aliphatic rings. The van der Waals surface area contributed by atoms with Crippen molar-refractivity contribution in [3.8, 4) is 0 Å². The monoisotopic (exact) mass is 177 g/mol. The molecule has 0 amide bonds. The van der Waals surface area contributed by atoms with Gasteiger partial charge in [0.15, 0.2) is 0 Å². The lowest BCUT2D eigenvalue weighted by Crippen LogP contribution is -2.10. The van der Waals surface area contributed by atoms with Crippen LogP contribution in [0.2, 0.25) is 0 Å². The predicted molar refractivity (Wildman–Crippen MR) is 56.8 cm³/mol. The molecule has 0 N–H and O–H groups in total. The van der Waals surface area contributed by atoms with Crippen LogP contribution < -0.4 is 0 Å². The summed E-state index contributed by atoms with van der Waals surface area (Å²) in [6, 6.07) is 2.16. The summed E-state index contributed by atoms with van der Waals surface area (Å²) in [5, 5.41) is 0. The molecule has 0 spiro atoms. The highest BCUT2D eigenvalue weighted by molar-refractivity contribution is 5.25. The van der Waals surface area contributed by atoms with Gasteiger partial charge in [0.2, 0.25) is 0 Å². The number of fused-ring (bicyclic) bond motifs is 1. The molecule has 1 nitrogen and oxygen atoms in total. The summed E-state index contributed by atoms with van der Waals surface area (Å²) < 4.78 is 0. The third-order valence-electron chi connectivity index (χ3n) is 2.48. The second-order valence-electron chi connectivity index (χ2n) is 3.49. The molecule has 0 fully saturated rings. The zero-order chi connectivity index (χ0) is 9.68. The molecule has 1 aromatic rings. The summed E-state index contributed by atoms with van der Waals surface area (Å²) in [4.78, 5) is 4.12. The van der Waals surface area contributed by atoms with Crippen molar-refractivity contribution in [2.24, 2.45) is 5.92 Å². The Morgan fingerprint density at radius 3 is 2.85 bits per heavy atom. The molecule has 0 saturated carbocycles. The molecule has 0 aliphatic heterocycles. The first-order chi connectivity index (χ1) is 6.36. The zero-order valence-electron chi connectivity index (χ0n) is 8.88. The van der Waals surface area contributed by atoms with Gasteiger partial charge in [-0.25, -0.2) is 0 Å². The summed E-state index contributed by atoms with van der Waals surface area (Å²) >= 11 is 0. The van der Waals surface area contributed by atoms with Gasteiger partial charge >= 0.3 is 0 Å². The van der Waals surface area contributed by atoms with Gasteiger partial charge in [0.1, 0.15) is 0 Å². The number of aromatic nitrogens is 1. The molecule has 0 saturated heterocycles. The van der Waals surface area contributed by atoms with Crippen LogP contribution in [0.1, 0.15) is 38.3 Å². The van der Waals surface area contributed by atoms with E-state index in [0.29, 0.717) is 0 Å². The van der Waals surface area contributed by atoms with Crippen LogP contribution in [0.5, 0.6) is 0 Å². The van der Waals surface area contributed by atoms with Gasteiger partial charge in [-0.05, 0) is 42.4 Å². The highest BCUT2D eigenvalue weighted by Gasteiger charge is 2.13. The Balaban J connectivity index is 0.000000396. The third kappa shape index (κ3) is 2.55. The SMILES string of the molecule is CC.CC1CCc2cnccc2C1. The first kappa shape index (κ1) is 10.2. The average Bonchev–Trinajstić information content (AvgIpc) is 2.21. The van der Waals surface area contributed by atoms with Gasteiger partial charge in [0, 0.05) is 12.4 Å². The Kier molecular flexibility index (Phi) is 3.94. The largest absolute Gasteiger partial charge is 0.264 e. The summed E-state index contributed by atoms with van der Waals surface area (Å²) in [7, 11) is 0. The molecule has 1 aliphatic carbocycles. The molecule has 72 valence electrons. The molecular weight excluding hydrogens is 158 g/mol. The summed E-state index contributed by atoms with van der Waals surface area (Å²) in [6.45, 7) is 6.32. The first-order valence-corrected chi connectivity index (χ1v) is 5.28. The maximum atomic E-state index is 4.12. The van der Waals surface area contributed by atoms with Crippen molar-refractivity contribution in [1.29, 1.82) is 0 Å². The fourth-order valence-electron chi connectivity index (χ4n) is 1.76. The van der Waals surface area contributed by atoms with Crippen LogP contribution in [0, 0.1) is 5.92 Å². The van der Waals surface area contributed by atoms with E-state index < -0.39 is 0 Å². The summed E-state index contributed by atoms with van der Waals surface area (Å²) in [5.74, 6) is 0.866. The molecule has 1 aromatic heterocycles. The van der Waals surface area contributed by atoms with Gasteiger partial charge in [0.25, 0.3) is 0 Å². The van der Waals surface area contributed by atoms with E-state index in [-0.39, 0.29) is 0 Å². The first-order valence-electron chi connectivity index (χ1n) is 5.28. The Hall–Kier alpha value is -0.850. The van der Waals surface area contributed by atoms with Gasteiger partial charge in [-0.15, -0.1) is 0 Å². The minimum atomic E-state index is 0.866. The molecule has 1 heteroatoms. The minimum absolute atomic E-state index is 0.866. The smallest absolute Gasteiger partial charge is 0.0302 e. The number of rotatable bonds is 0. The van der Waals surface area contributed by atoms with Crippen LogP contribution in [0.25, 0.3) is 0 Å². The van der Waals surface area contributed by atoms with E-state index in [9.17, 15) is 0 Å². The molecular formula is C12H19N. The highest BCUT2D eigenvalue weighted by atomic mass is 14.6. The molecule has 1 heterocycles. The third-order valence-corrected chi connectivity index (χ3v) is 2.48. The maximum absolute atomic E-state index is 4.12. The van der Waals surface area contributed by atoms with Gasteiger partial charge in [0.05, 0.1) is 0 Å². The van der Waals surface area contributed by atoms with Crippen molar-refractivity contribution in [2.75, 3.05) is 0 Å². The van der Waals surface area contributed by atoms with E-state index in [4.69, 9.17) is 0 Å². The molecule has 13 heavy (non-hydrogen) atoms. The number of aryl methyl sites for hydroxylation is 1. The molecule has 0 radical (unpaired) electrons. The summed E-state index contributed by atoms with van der Waals surface area (Å²) in [6.07, 6.45) is 7.72. The van der Waals surface area contributed by atoms with Crippen LogP contribution >= 0.6 is 0 Å². The fraction of sp³-hybridized carbons (Fsp3) is 0.583. The lowest BCUT2D eigenvalue weighted by atomic mass is 9.86. The lowest BCUT2D eigenvalue weighted by molar-refractivity contribution is 0.500. The van der Waals surface area contributed by atoms with E-state index >= 15 is 0 Å². The van der Waals surface area contributed by atoms with Gasteiger partial charge in [-0.2, -0.15) is 0 Å². The summed E-state index contributed by atoms with van der Waals surface area (Å²) in [5.41, 5.74) is 2.98. The quantitative estimate of drug-likeness (QED) is 0.593. The van der Waals surface area contributed by atoms with Gasteiger partial charge in [-0.1, -0.05) is 20.8 Å². The van der Waals surface area contributed by atoms with Crippen molar-refractivity contribution < 1.29 is 0 Å². The molecule has 2 rings (SSSR count). The lowest BCUT2D eigenvalue weighted by Gasteiger charge is -2.20. The van der Waals surface area contributed by atoms with Crippen molar-refractivity contribution >= 4 is 0 Å². The van der Waals surface area contributed by atoms with Gasteiger partial charge < -0.3 is 0 Å². The van der Waals surface area contributed by atoms with Crippen LogP contribution in [-0.2, 0) is 12.8 Å². The topological polar surface area (TPSA) is 12.9 Å². The standard InChI is InChI=1S/C10H13N.C2H6/c1-8-2-3-10-7-11-5-4-9(10)6-8;1-2/h4-5,7-8H,2-3,6H2,1H3;1-2H3. The van der Waals surface area contributed by atoms with Crippen molar-refractivity contribution in [2.45, 2.75) is 40.0 Å². The van der Waals surface area contributed by atoms with E-state index in [0.717, 1.165) is 5.92 Å². The number of pyridine rings is 1. The van der Waals surface area contributed by atoms with E-state index in [1.54, 1.807) is 0 Å². The van der Waals surface area contributed by atoms with Crippen molar-refractivity contribution in [3.63, 3.8) is 0 Å². The number of nitrogens with zero attached hydrogens (tertiary/aromatic N) is 1. The molecule has 0 bridgehead atoms. The minimum Gasteiger partial charge on any atom is -0.264 e. The van der Waals surface area contributed by atoms with Crippen LogP contribution in [0.15, 0.2) is 18.5 Å². The van der Waals surface area contributed by atoms with E-state index in [2.05, 4.69) is 18.0 Å². The van der Waals surface area contributed by atoms with Crippen LogP contribution in [0.4, 0.5) is 0 Å². The molecule has 1 unspecified atom stereocenters. The Labute approximate surface area is 81.2 Å². The number of hydrogen-bond donors (Lipinski definition) is 0. The molecule has 0 aromatic carbocycles. The Morgan fingerprint density at radius 1 is 1.31 bits per heavy atom. The zero-order valence-corrected chi connectivity index (χ0v) is 8.88. The highest BCUT2D eigenvalue weighted by Crippen LogP contribution is 2.23. The van der Waals surface area contributed by atoms with E-state index in [1.807, 2.05) is 26.2 Å². The van der Waals surface area contributed by atoms with E-state index in [1.165, 1.54) is 30.4 Å². The van der Waals surface area contributed by atoms with Gasteiger partial charge in [-0.3, -0.25) is 4.98 Å². The van der Waals surface area contributed by atoms with Crippen LogP contribution in [0.3, 0.4) is 0 Å². The second-order valence-corrected chi connectivity index (χ2v) is 3.49. The van der Waals surface area contributed by atoms with Crippen molar-refractivity contribution in [3.05, 3.63) is 29.6 Å². The fourth-order valence-corrected chi connectivity index (χ4v) is 1.76. The maximum Gasteiger partial charge on any atom is 0.0302 e. The Morgan fingerprint density at radius 2 is 2.08 bits per heavy atom. The number of hydrogen-bond acceptors (Lipinski definition) is 1. The normalized spacial score (nSPS) is 19.8. The van der Waals surface area contributed by atoms with Crippen LogP contribution in [-0.4, -0.2) is 4.98 Å².